The molecule has 3 heteroatoms. The van der Waals surface area contributed by atoms with Crippen molar-refractivity contribution in [2.75, 3.05) is 0 Å². The molecule has 0 aromatic rings. The maximum Gasteiger partial charge on any atom is 0.231 e. The summed E-state index contributed by atoms with van der Waals surface area (Å²) in [5, 5.41) is 0. The Labute approximate surface area is 83.0 Å². The van der Waals surface area contributed by atoms with E-state index in [1.54, 1.807) is 0 Å². The molecule has 0 unspecified atom stereocenters. The van der Waals surface area contributed by atoms with Gasteiger partial charge in [0.15, 0.2) is 5.78 Å². The molecule has 4 fully saturated rings. The molecule has 3 nitrogen and oxygen atoms in total. The molecular formula is C11H15NO2. The lowest BCUT2D eigenvalue weighted by molar-refractivity contribution is -0.160. The number of Topliss-reactive ketones (excluding diaryl/α,β-unsaturated/α-hetero) is 1. The summed E-state index contributed by atoms with van der Waals surface area (Å²) in [5.41, 5.74) is 4.68. The monoisotopic (exact) mass is 193 g/mol. The van der Waals surface area contributed by atoms with Crippen molar-refractivity contribution < 1.29 is 9.59 Å². The third-order valence-corrected chi connectivity index (χ3v) is 4.49. The highest BCUT2D eigenvalue weighted by Crippen LogP contribution is 2.57. The molecule has 4 saturated carbocycles. The van der Waals surface area contributed by atoms with Crippen molar-refractivity contribution >= 4 is 11.7 Å². The lowest BCUT2D eigenvalue weighted by Crippen LogP contribution is -2.58. The molecule has 76 valence electrons. The zero-order valence-corrected chi connectivity index (χ0v) is 8.16. The van der Waals surface area contributed by atoms with Crippen LogP contribution in [0.4, 0.5) is 0 Å². The largest absolute Gasteiger partial charge is 0.369 e. The normalized spacial score (nSPS) is 49.7. The van der Waals surface area contributed by atoms with Crippen LogP contribution in [0.1, 0.15) is 32.1 Å². The van der Waals surface area contributed by atoms with E-state index < -0.39 is 5.41 Å². The first kappa shape index (κ1) is 8.45. The van der Waals surface area contributed by atoms with Gasteiger partial charge in [0.2, 0.25) is 5.91 Å². The van der Waals surface area contributed by atoms with Gasteiger partial charge >= 0.3 is 0 Å². The van der Waals surface area contributed by atoms with E-state index in [1.165, 1.54) is 6.42 Å². The number of nitrogens with two attached hydrogens (primary N) is 1. The Bertz CT molecular complexity index is 309. The van der Waals surface area contributed by atoms with Gasteiger partial charge in [0.25, 0.3) is 0 Å². The maximum atomic E-state index is 12.0. The average Bonchev–Trinajstić information content (AvgIpc) is 2.12. The second-order valence-electron chi connectivity index (χ2n) is 5.35. The van der Waals surface area contributed by atoms with E-state index in [2.05, 4.69) is 0 Å². The molecule has 14 heavy (non-hydrogen) atoms. The summed E-state index contributed by atoms with van der Waals surface area (Å²) < 4.78 is 0. The van der Waals surface area contributed by atoms with Crippen LogP contribution >= 0.6 is 0 Å². The highest BCUT2D eigenvalue weighted by molar-refractivity contribution is 6.07. The highest BCUT2D eigenvalue weighted by Gasteiger charge is 2.59. The van der Waals surface area contributed by atoms with Crippen molar-refractivity contribution in [1.82, 2.24) is 0 Å². The van der Waals surface area contributed by atoms with Gasteiger partial charge in [-0.2, -0.15) is 0 Å². The van der Waals surface area contributed by atoms with Crippen LogP contribution in [-0.4, -0.2) is 11.7 Å². The second kappa shape index (κ2) is 2.38. The van der Waals surface area contributed by atoms with Gasteiger partial charge in [0.05, 0.1) is 0 Å². The van der Waals surface area contributed by atoms with E-state index in [-0.39, 0.29) is 17.6 Å². The minimum absolute atomic E-state index is 0.161. The number of carbonyl (C=O) groups excluding carboxylic acids is 2. The van der Waals surface area contributed by atoms with E-state index in [0.717, 1.165) is 25.7 Å². The van der Waals surface area contributed by atoms with Gasteiger partial charge in [0.1, 0.15) is 5.41 Å². The van der Waals surface area contributed by atoms with Gasteiger partial charge in [-0.3, -0.25) is 9.59 Å². The molecule has 4 aliphatic rings. The molecule has 4 bridgehead atoms. The number of rotatable bonds is 1. The predicted octanol–water partition coefficient (Wildman–Crippen LogP) is 0.867. The summed E-state index contributed by atoms with van der Waals surface area (Å²) in [6, 6.07) is 0. The van der Waals surface area contributed by atoms with Gasteiger partial charge in [-0.1, -0.05) is 0 Å². The van der Waals surface area contributed by atoms with Gasteiger partial charge in [-0.05, 0) is 43.9 Å². The smallest absolute Gasteiger partial charge is 0.231 e. The lowest BCUT2D eigenvalue weighted by atomic mass is 9.49. The van der Waals surface area contributed by atoms with Gasteiger partial charge in [0, 0.05) is 5.92 Å². The third-order valence-electron chi connectivity index (χ3n) is 4.49. The Morgan fingerprint density at radius 2 is 1.79 bits per heavy atom. The molecule has 2 N–H and O–H groups in total. The Kier molecular flexibility index (Phi) is 1.44. The fourth-order valence-electron chi connectivity index (χ4n) is 4.10. The summed E-state index contributed by atoms with van der Waals surface area (Å²) in [6.07, 6.45) is 4.75. The zero-order chi connectivity index (χ0) is 9.92. The minimum atomic E-state index is -0.741. The number of hydrogen-bond acceptors (Lipinski definition) is 2. The topological polar surface area (TPSA) is 60.2 Å². The Balaban J connectivity index is 2.05. The average molecular weight is 193 g/mol. The van der Waals surface area contributed by atoms with Crippen LogP contribution in [-0.2, 0) is 9.59 Å². The van der Waals surface area contributed by atoms with Gasteiger partial charge < -0.3 is 5.73 Å². The third kappa shape index (κ3) is 0.830. The fraction of sp³-hybridized carbons (Fsp3) is 0.818. The quantitative estimate of drug-likeness (QED) is 0.628. The first-order valence-corrected chi connectivity index (χ1v) is 5.46. The number of ketones is 1. The van der Waals surface area contributed by atoms with Crippen molar-refractivity contribution in [2.45, 2.75) is 32.1 Å². The lowest BCUT2D eigenvalue weighted by Gasteiger charge is -2.53. The van der Waals surface area contributed by atoms with Crippen LogP contribution in [0, 0.1) is 23.2 Å². The number of carbonyl (C=O) groups is 2. The highest BCUT2D eigenvalue weighted by atomic mass is 16.2. The van der Waals surface area contributed by atoms with E-state index in [1.807, 2.05) is 0 Å². The van der Waals surface area contributed by atoms with E-state index in [0.29, 0.717) is 11.8 Å². The molecule has 0 spiro atoms. The van der Waals surface area contributed by atoms with E-state index >= 15 is 0 Å². The first-order valence-electron chi connectivity index (χ1n) is 5.46. The molecule has 0 heterocycles. The molecule has 1 amide bonds. The van der Waals surface area contributed by atoms with Crippen LogP contribution in [0.5, 0.6) is 0 Å². The Morgan fingerprint density at radius 1 is 1.21 bits per heavy atom. The fourth-order valence-corrected chi connectivity index (χ4v) is 4.10. The van der Waals surface area contributed by atoms with Crippen LogP contribution in [0.3, 0.4) is 0 Å². The van der Waals surface area contributed by atoms with Crippen molar-refractivity contribution in [1.29, 1.82) is 0 Å². The summed E-state index contributed by atoms with van der Waals surface area (Å²) in [7, 11) is 0. The van der Waals surface area contributed by atoms with Crippen molar-refractivity contribution in [3.63, 3.8) is 0 Å². The van der Waals surface area contributed by atoms with Crippen molar-refractivity contribution in [3.05, 3.63) is 0 Å². The van der Waals surface area contributed by atoms with Crippen LogP contribution in [0.25, 0.3) is 0 Å². The molecular weight excluding hydrogens is 178 g/mol. The molecule has 4 rings (SSSR count). The maximum absolute atomic E-state index is 12.0. The molecule has 0 aliphatic heterocycles. The molecule has 2 atom stereocenters. The van der Waals surface area contributed by atoms with Gasteiger partial charge in [-0.25, -0.2) is 0 Å². The Hall–Kier alpha value is -0.860. The van der Waals surface area contributed by atoms with Crippen LogP contribution < -0.4 is 5.73 Å². The minimum Gasteiger partial charge on any atom is -0.369 e. The molecule has 0 aromatic carbocycles. The van der Waals surface area contributed by atoms with Crippen molar-refractivity contribution in [3.8, 4) is 0 Å². The summed E-state index contributed by atoms with van der Waals surface area (Å²) in [4.78, 5) is 23.5. The van der Waals surface area contributed by atoms with Crippen LogP contribution in [0.15, 0.2) is 0 Å². The van der Waals surface area contributed by atoms with Crippen LogP contribution in [0.2, 0.25) is 0 Å². The summed E-state index contributed by atoms with van der Waals surface area (Å²) in [6.45, 7) is 0. The van der Waals surface area contributed by atoms with Gasteiger partial charge in [-0.15, -0.1) is 0 Å². The Morgan fingerprint density at radius 3 is 2.29 bits per heavy atom. The SMILES string of the molecule is NC(=O)C12C[C@@H]3CC(C[C@H](C3)C1)C2=O. The predicted molar refractivity (Wildman–Crippen MR) is 50.2 cm³/mol. The molecule has 0 saturated heterocycles. The van der Waals surface area contributed by atoms with E-state index in [9.17, 15) is 9.59 Å². The molecule has 0 radical (unpaired) electrons. The number of primary amides is 1. The first-order chi connectivity index (χ1) is 6.62. The van der Waals surface area contributed by atoms with E-state index in [4.69, 9.17) is 5.73 Å². The standard InChI is InChI=1S/C11H15NO2/c12-10(14)11-4-6-1-7(5-11)3-8(2-6)9(11)13/h6-8H,1-5H2,(H2,12,14)/t6-,7-,8?,11?/m0/s1. The molecule has 4 aliphatic carbocycles. The summed E-state index contributed by atoms with van der Waals surface area (Å²) >= 11 is 0. The number of amides is 1. The second-order valence-corrected chi connectivity index (χ2v) is 5.35. The zero-order valence-electron chi connectivity index (χ0n) is 8.16. The number of hydrogen-bond donors (Lipinski definition) is 1. The van der Waals surface area contributed by atoms with Crippen molar-refractivity contribution in [2.24, 2.45) is 28.9 Å². The summed E-state index contributed by atoms with van der Waals surface area (Å²) in [5.74, 6) is 1.16. The molecule has 0 aromatic heterocycles.